The van der Waals surface area contributed by atoms with Crippen LogP contribution in [0.4, 0.5) is 0 Å². The summed E-state index contributed by atoms with van der Waals surface area (Å²) in [5.41, 5.74) is -0.358. The lowest BCUT2D eigenvalue weighted by Gasteiger charge is -2.17. The van der Waals surface area contributed by atoms with Gasteiger partial charge in [-0.1, -0.05) is 0 Å². The van der Waals surface area contributed by atoms with Crippen LogP contribution >= 0.6 is 0 Å². The van der Waals surface area contributed by atoms with Crippen LogP contribution in [0, 0.1) is 18.3 Å². The average molecular weight is 219 g/mol. The highest BCUT2D eigenvalue weighted by molar-refractivity contribution is 5.85. The topological polar surface area (TPSA) is 75.9 Å². The van der Waals surface area contributed by atoms with Crippen LogP contribution in [0.15, 0.2) is 12.1 Å². The number of nitrogens with zero attached hydrogens (tertiary/aromatic N) is 3. The molecule has 0 saturated carbocycles. The van der Waals surface area contributed by atoms with Gasteiger partial charge >= 0.3 is 5.97 Å². The molecule has 0 amide bonds. The molecule has 1 aromatic heterocycles. The van der Waals surface area contributed by atoms with Gasteiger partial charge in [-0.3, -0.25) is 0 Å². The average Bonchev–Trinajstić information content (AvgIpc) is 2.29. The molecule has 0 radical (unpaired) electrons. The van der Waals surface area contributed by atoms with Crippen LogP contribution in [0.25, 0.3) is 0 Å². The Balaban J connectivity index is 3.10. The first kappa shape index (κ1) is 12.1. The largest absolute Gasteiger partial charge is 0.465 e. The van der Waals surface area contributed by atoms with E-state index >= 15 is 0 Å². The van der Waals surface area contributed by atoms with Crippen molar-refractivity contribution in [2.75, 3.05) is 6.61 Å². The smallest absolute Gasteiger partial charge is 0.332 e. The third-order valence-corrected chi connectivity index (χ3v) is 2.22. The van der Waals surface area contributed by atoms with Crippen molar-refractivity contribution < 1.29 is 9.53 Å². The summed E-state index contributed by atoms with van der Waals surface area (Å²) in [6, 6.07) is 5.24. The molecule has 0 spiro atoms. The SMILES string of the molecule is CCOC(=O)C(C)(C#N)c1ccc(C)nn1. The minimum atomic E-state index is -1.39. The number of carbonyl (C=O) groups excluding carboxylic acids is 1. The molecule has 0 N–H and O–H groups in total. The van der Waals surface area contributed by atoms with E-state index in [2.05, 4.69) is 10.2 Å². The highest BCUT2D eigenvalue weighted by Crippen LogP contribution is 2.22. The summed E-state index contributed by atoms with van der Waals surface area (Å²) in [7, 11) is 0. The molecule has 0 aliphatic rings. The number of hydrogen-bond donors (Lipinski definition) is 0. The molecule has 0 saturated heterocycles. The molecule has 1 atom stereocenters. The minimum absolute atomic E-state index is 0.232. The van der Waals surface area contributed by atoms with Crippen molar-refractivity contribution >= 4 is 5.97 Å². The molecule has 0 bridgehead atoms. The van der Waals surface area contributed by atoms with E-state index in [-0.39, 0.29) is 6.61 Å². The molecular formula is C11H13N3O2. The van der Waals surface area contributed by atoms with Gasteiger partial charge in [-0.15, -0.1) is 0 Å². The van der Waals surface area contributed by atoms with Crippen LogP contribution in [0.5, 0.6) is 0 Å². The number of hydrogen-bond acceptors (Lipinski definition) is 5. The summed E-state index contributed by atoms with van der Waals surface area (Å²) < 4.78 is 4.85. The first-order valence-corrected chi connectivity index (χ1v) is 4.94. The van der Waals surface area contributed by atoms with Gasteiger partial charge in [0.05, 0.1) is 24.1 Å². The van der Waals surface area contributed by atoms with Crippen molar-refractivity contribution in [1.29, 1.82) is 5.26 Å². The summed E-state index contributed by atoms with van der Waals surface area (Å²) in [6.45, 7) is 5.18. The van der Waals surface area contributed by atoms with Gasteiger partial charge in [-0.25, -0.2) is 4.79 Å². The van der Waals surface area contributed by atoms with E-state index in [9.17, 15) is 4.79 Å². The van der Waals surface area contributed by atoms with E-state index in [1.165, 1.54) is 6.92 Å². The van der Waals surface area contributed by atoms with Crippen LogP contribution in [0.2, 0.25) is 0 Å². The summed E-state index contributed by atoms with van der Waals surface area (Å²) >= 11 is 0. The third-order valence-electron chi connectivity index (χ3n) is 2.22. The van der Waals surface area contributed by atoms with Gasteiger partial charge in [0.2, 0.25) is 0 Å². The lowest BCUT2D eigenvalue weighted by atomic mass is 9.88. The molecule has 1 unspecified atom stereocenters. The highest BCUT2D eigenvalue weighted by atomic mass is 16.5. The van der Waals surface area contributed by atoms with E-state index in [4.69, 9.17) is 10.00 Å². The fourth-order valence-corrected chi connectivity index (χ4v) is 1.15. The maximum atomic E-state index is 11.7. The van der Waals surface area contributed by atoms with Crippen molar-refractivity contribution in [1.82, 2.24) is 10.2 Å². The standard InChI is InChI=1S/C11H13N3O2/c1-4-16-10(15)11(3,7-12)9-6-5-8(2)13-14-9/h5-6H,4H2,1-3H3. The Morgan fingerprint density at radius 3 is 2.69 bits per heavy atom. The van der Waals surface area contributed by atoms with Gasteiger partial charge < -0.3 is 4.74 Å². The second kappa shape index (κ2) is 4.71. The van der Waals surface area contributed by atoms with Crippen LogP contribution < -0.4 is 0 Å². The Bertz CT molecular complexity index is 422. The van der Waals surface area contributed by atoms with E-state index in [0.717, 1.165) is 5.69 Å². The zero-order chi connectivity index (χ0) is 12.2. The molecule has 0 aromatic carbocycles. The summed E-state index contributed by atoms with van der Waals surface area (Å²) in [6.07, 6.45) is 0. The quantitative estimate of drug-likeness (QED) is 0.712. The molecule has 0 aliphatic carbocycles. The van der Waals surface area contributed by atoms with E-state index in [1.807, 2.05) is 6.07 Å². The Morgan fingerprint density at radius 1 is 1.56 bits per heavy atom. The number of carbonyl (C=O) groups is 1. The zero-order valence-corrected chi connectivity index (χ0v) is 9.52. The number of rotatable bonds is 3. The summed E-state index contributed by atoms with van der Waals surface area (Å²) in [4.78, 5) is 11.7. The van der Waals surface area contributed by atoms with E-state index in [0.29, 0.717) is 5.69 Å². The summed E-state index contributed by atoms with van der Waals surface area (Å²) in [5.74, 6) is -0.601. The number of ether oxygens (including phenoxy) is 1. The molecule has 84 valence electrons. The first-order valence-electron chi connectivity index (χ1n) is 4.94. The fraction of sp³-hybridized carbons (Fsp3) is 0.455. The van der Waals surface area contributed by atoms with Gasteiger partial charge in [0.15, 0.2) is 5.41 Å². The highest BCUT2D eigenvalue weighted by Gasteiger charge is 2.39. The van der Waals surface area contributed by atoms with Crippen LogP contribution in [0.1, 0.15) is 25.2 Å². The van der Waals surface area contributed by atoms with Gasteiger partial charge in [0.1, 0.15) is 0 Å². The van der Waals surface area contributed by atoms with Crippen molar-refractivity contribution in [3.05, 3.63) is 23.5 Å². The number of esters is 1. The van der Waals surface area contributed by atoms with Crippen molar-refractivity contribution in [2.45, 2.75) is 26.2 Å². The molecule has 1 rings (SSSR count). The van der Waals surface area contributed by atoms with E-state index < -0.39 is 11.4 Å². The number of aryl methyl sites for hydroxylation is 1. The number of nitriles is 1. The second-order valence-electron chi connectivity index (χ2n) is 3.52. The molecule has 0 aliphatic heterocycles. The molecule has 5 nitrogen and oxygen atoms in total. The lowest BCUT2D eigenvalue weighted by Crippen LogP contribution is -2.34. The number of aromatic nitrogens is 2. The van der Waals surface area contributed by atoms with Crippen molar-refractivity contribution in [3.63, 3.8) is 0 Å². The van der Waals surface area contributed by atoms with Gasteiger partial charge in [0.25, 0.3) is 0 Å². The predicted molar refractivity (Wildman–Crippen MR) is 56.4 cm³/mol. The summed E-state index contributed by atoms with van der Waals surface area (Å²) in [5, 5.41) is 16.8. The second-order valence-corrected chi connectivity index (χ2v) is 3.52. The van der Waals surface area contributed by atoms with Crippen LogP contribution in [-0.4, -0.2) is 22.8 Å². The fourth-order valence-electron chi connectivity index (χ4n) is 1.15. The Morgan fingerprint density at radius 2 is 2.25 bits per heavy atom. The molecule has 0 fully saturated rings. The van der Waals surface area contributed by atoms with E-state index in [1.54, 1.807) is 26.0 Å². The third kappa shape index (κ3) is 2.16. The molecule has 1 aromatic rings. The predicted octanol–water partition coefficient (Wildman–Crippen LogP) is 1.13. The maximum absolute atomic E-state index is 11.7. The minimum Gasteiger partial charge on any atom is -0.465 e. The van der Waals surface area contributed by atoms with Gasteiger partial charge in [0, 0.05) is 0 Å². The molecular weight excluding hydrogens is 206 g/mol. The Hall–Kier alpha value is -1.96. The normalized spacial score (nSPS) is 13.6. The first-order chi connectivity index (χ1) is 7.54. The molecule has 16 heavy (non-hydrogen) atoms. The van der Waals surface area contributed by atoms with Crippen molar-refractivity contribution in [2.24, 2.45) is 0 Å². The zero-order valence-electron chi connectivity index (χ0n) is 9.52. The van der Waals surface area contributed by atoms with Gasteiger partial charge in [-0.2, -0.15) is 15.5 Å². The van der Waals surface area contributed by atoms with Gasteiger partial charge in [-0.05, 0) is 32.9 Å². The Labute approximate surface area is 94.1 Å². The molecule has 1 heterocycles. The Kier molecular flexibility index (Phi) is 3.56. The van der Waals surface area contributed by atoms with Crippen LogP contribution in [0.3, 0.4) is 0 Å². The maximum Gasteiger partial charge on any atom is 0.332 e. The van der Waals surface area contributed by atoms with Crippen LogP contribution in [-0.2, 0) is 14.9 Å². The molecule has 5 heteroatoms. The lowest BCUT2D eigenvalue weighted by molar-refractivity contribution is -0.147. The van der Waals surface area contributed by atoms with Crippen molar-refractivity contribution in [3.8, 4) is 6.07 Å². The monoisotopic (exact) mass is 219 g/mol.